The number of hydrogen-bond acceptors (Lipinski definition) is 5. The molecule has 0 atom stereocenters. The number of nitrogens with one attached hydrogen (secondary N) is 1. The monoisotopic (exact) mass is 396 g/mol. The molecule has 0 fully saturated rings. The van der Waals surface area contributed by atoms with E-state index >= 15 is 0 Å². The lowest BCUT2D eigenvalue weighted by atomic mass is 10.3. The number of likely N-dealkylation sites (N-methyl/N-ethyl adjacent to an activating group) is 1. The number of rotatable bonds is 9. The molecule has 0 amide bonds. The summed E-state index contributed by atoms with van der Waals surface area (Å²) in [5.74, 6) is 3.39. The van der Waals surface area contributed by atoms with Gasteiger partial charge in [-0.15, -0.1) is 10.2 Å². The average molecular weight is 396 g/mol. The Morgan fingerprint density at radius 3 is 2.69 bits per heavy atom. The fourth-order valence-corrected chi connectivity index (χ4v) is 2.87. The van der Waals surface area contributed by atoms with Crippen LogP contribution in [0, 0.1) is 0 Å². The largest absolute Gasteiger partial charge is 0.497 e. The molecule has 8 heteroatoms. The Balaban J connectivity index is 1.51. The summed E-state index contributed by atoms with van der Waals surface area (Å²) in [5.41, 5.74) is 0.853. The Morgan fingerprint density at radius 2 is 1.93 bits per heavy atom. The summed E-state index contributed by atoms with van der Waals surface area (Å²) < 4.78 is 13.0. The van der Waals surface area contributed by atoms with E-state index in [1.807, 2.05) is 60.1 Å². The van der Waals surface area contributed by atoms with Crippen LogP contribution in [-0.2, 0) is 6.42 Å². The van der Waals surface area contributed by atoms with E-state index in [4.69, 9.17) is 14.5 Å². The van der Waals surface area contributed by atoms with Crippen molar-refractivity contribution in [2.45, 2.75) is 13.3 Å². The zero-order valence-electron chi connectivity index (χ0n) is 17.2. The third-order valence-electron chi connectivity index (χ3n) is 4.43. The van der Waals surface area contributed by atoms with Gasteiger partial charge in [0.05, 0.1) is 13.7 Å². The van der Waals surface area contributed by atoms with Gasteiger partial charge in [0.2, 0.25) is 0 Å². The standard InChI is InChI=1S/C21H28N6O2/c1-4-22-21(23-13-12-20-25-24-19-7-5-6-14-27(19)20)26(2)15-16-29-18-10-8-17(28-3)9-11-18/h5-11,14H,4,12-13,15-16H2,1-3H3,(H,22,23). The van der Waals surface area contributed by atoms with Crippen molar-refractivity contribution in [1.29, 1.82) is 0 Å². The van der Waals surface area contributed by atoms with E-state index < -0.39 is 0 Å². The van der Waals surface area contributed by atoms with Crippen molar-refractivity contribution < 1.29 is 9.47 Å². The molecule has 1 aromatic carbocycles. The van der Waals surface area contributed by atoms with Crippen molar-refractivity contribution in [2.24, 2.45) is 4.99 Å². The zero-order valence-corrected chi connectivity index (χ0v) is 17.2. The second-order valence-electron chi connectivity index (χ2n) is 6.48. The SMILES string of the molecule is CCNC(=NCCc1nnc2ccccn12)N(C)CCOc1ccc(OC)cc1. The number of fused-ring (bicyclic) bond motifs is 1. The molecule has 0 spiro atoms. The van der Waals surface area contributed by atoms with Crippen molar-refractivity contribution in [1.82, 2.24) is 24.8 Å². The predicted octanol–water partition coefficient (Wildman–Crippen LogP) is 2.26. The molecule has 0 aliphatic carbocycles. The number of benzene rings is 1. The molecule has 0 radical (unpaired) electrons. The zero-order chi connectivity index (χ0) is 20.5. The van der Waals surface area contributed by atoms with Crippen molar-refractivity contribution in [3.05, 3.63) is 54.5 Å². The van der Waals surface area contributed by atoms with Gasteiger partial charge in [0.1, 0.15) is 23.9 Å². The number of pyridine rings is 1. The molecule has 0 saturated carbocycles. The molecule has 0 unspecified atom stereocenters. The molecular weight excluding hydrogens is 368 g/mol. The number of ether oxygens (including phenoxy) is 2. The van der Waals surface area contributed by atoms with Gasteiger partial charge in [0, 0.05) is 32.8 Å². The number of aromatic nitrogens is 3. The van der Waals surface area contributed by atoms with Crippen molar-refractivity contribution in [2.75, 3.05) is 40.4 Å². The first-order valence-corrected chi connectivity index (χ1v) is 9.76. The number of methoxy groups -OCH3 is 1. The molecule has 2 heterocycles. The van der Waals surface area contributed by atoms with Gasteiger partial charge in [-0.25, -0.2) is 0 Å². The minimum atomic E-state index is 0.558. The maximum absolute atomic E-state index is 5.81. The van der Waals surface area contributed by atoms with Crippen molar-refractivity contribution >= 4 is 11.6 Å². The number of nitrogens with zero attached hydrogens (tertiary/aromatic N) is 5. The molecule has 1 N–H and O–H groups in total. The summed E-state index contributed by atoms with van der Waals surface area (Å²) in [7, 11) is 3.66. The fraction of sp³-hybridized carbons (Fsp3) is 0.381. The van der Waals surface area contributed by atoms with Crippen LogP contribution in [-0.4, -0.2) is 65.9 Å². The minimum absolute atomic E-state index is 0.558. The van der Waals surface area contributed by atoms with Crippen LogP contribution < -0.4 is 14.8 Å². The van der Waals surface area contributed by atoms with Gasteiger partial charge in [-0.1, -0.05) is 6.07 Å². The van der Waals surface area contributed by atoms with E-state index in [1.165, 1.54) is 0 Å². The number of aliphatic imine (C=N–C) groups is 1. The van der Waals surface area contributed by atoms with Crippen LogP contribution in [0.2, 0.25) is 0 Å². The fourth-order valence-electron chi connectivity index (χ4n) is 2.87. The van der Waals surface area contributed by atoms with Crippen LogP contribution in [0.1, 0.15) is 12.7 Å². The summed E-state index contributed by atoms with van der Waals surface area (Å²) in [5, 5.41) is 11.8. The highest BCUT2D eigenvalue weighted by Gasteiger charge is 2.08. The van der Waals surface area contributed by atoms with Crippen LogP contribution in [0.15, 0.2) is 53.7 Å². The quantitative estimate of drug-likeness (QED) is 0.442. The maximum Gasteiger partial charge on any atom is 0.193 e. The van der Waals surface area contributed by atoms with Gasteiger partial charge in [-0.2, -0.15) is 0 Å². The Hall–Kier alpha value is -3.29. The van der Waals surface area contributed by atoms with E-state index in [0.717, 1.165) is 41.9 Å². The molecular formula is C21H28N6O2. The topological polar surface area (TPSA) is 76.3 Å². The van der Waals surface area contributed by atoms with Gasteiger partial charge >= 0.3 is 0 Å². The van der Waals surface area contributed by atoms with Gasteiger partial charge in [0.15, 0.2) is 11.6 Å². The van der Waals surface area contributed by atoms with E-state index in [9.17, 15) is 0 Å². The molecule has 3 aromatic rings. The van der Waals surface area contributed by atoms with Crippen LogP contribution in [0.3, 0.4) is 0 Å². The highest BCUT2D eigenvalue weighted by atomic mass is 16.5. The lowest BCUT2D eigenvalue weighted by Gasteiger charge is -2.22. The molecule has 0 saturated heterocycles. The average Bonchev–Trinajstić information content (AvgIpc) is 3.17. The molecule has 3 rings (SSSR count). The van der Waals surface area contributed by atoms with E-state index in [-0.39, 0.29) is 0 Å². The van der Waals surface area contributed by atoms with Gasteiger partial charge < -0.3 is 19.7 Å². The first-order chi connectivity index (χ1) is 14.2. The minimum Gasteiger partial charge on any atom is -0.497 e. The number of guanidine groups is 1. The van der Waals surface area contributed by atoms with E-state index in [0.29, 0.717) is 19.7 Å². The van der Waals surface area contributed by atoms with Crippen LogP contribution in [0.4, 0.5) is 0 Å². The Morgan fingerprint density at radius 1 is 1.14 bits per heavy atom. The first-order valence-electron chi connectivity index (χ1n) is 9.76. The molecule has 0 bridgehead atoms. The Labute approximate surface area is 171 Å². The summed E-state index contributed by atoms with van der Waals surface area (Å²) >= 11 is 0. The second kappa shape index (κ2) is 10.3. The van der Waals surface area contributed by atoms with Gasteiger partial charge in [-0.3, -0.25) is 9.39 Å². The Kier molecular flexibility index (Phi) is 7.27. The summed E-state index contributed by atoms with van der Waals surface area (Å²) in [4.78, 5) is 6.79. The van der Waals surface area contributed by atoms with Crippen molar-refractivity contribution in [3.8, 4) is 11.5 Å². The second-order valence-corrected chi connectivity index (χ2v) is 6.48. The van der Waals surface area contributed by atoms with Gasteiger partial charge in [-0.05, 0) is 43.3 Å². The molecule has 154 valence electrons. The molecule has 29 heavy (non-hydrogen) atoms. The lowest BCUT2D eigenvalue weighted by Crippen LogP contribution is -2.41. The summed E-state index contributed by atoms with van der Waals surface area (Å²) in [6.45, 7) is 4.76. The third-order valence-corrected chi connectivity index (χ3v) is 4.43. The van der Waals surface area contributed by atoms with Crippen LogP contribution in [0.25, 0.3) is 5.65 Å². The van der Waals surface area contributed by atoms with E-state index in [1.54, 1.807) is 7.11 Å². The lowest BCUT2D eigenvalue weighted by molar-refractivity contribution is 0.281. The third kappa shape index (κ3) is 5.60. The molecule has 8 nitrogen and oxygen atoms in total. The van der Waals surface area contributed by atoms with Crippen molar-refractivity contribution in [3.63, 3.8) is 0 Å². The predicted molar refractivity (Wildman–Crippen MR) is 114 cm³/mol. The van der Waals surface area contributed by atoms with Crippen LogP contribution >= 0.6 is 0 Å². The summed E-state index contributed by atoms with van der Waals surface area (Å²) in [6.07, 6.45) is 2.69. The normalized spacial score (nSPS) is 11.5. The Bertz CT molecular complexity index is 922. The van der Waals surface area contributed by atoms with Crippen LogP contribution in [0.5, 0.6) is 11.5 Å². The molecule has 0 aliphatic heterocycles. The smallest absolute Gasteiger partial charge is 0.193 e. The maximum atomic E-state index is 5.81. The molecule has 0 aliphatic rings. The highest BCUT2D eigenvalue weighted by Crippen LogP contribution is 2.16. The number of hydrogen-bond donors (Lipinski definition) is 1. The molecule has 2 aromatic heterocycles. The summed E-state index contributed by atoms with van der Waals surface area (Å²) in [6, 6.07) is 13.5. The van der Waals surface area contributed by atoms with E-state index in [2.05, 4.69) is 27.3 Å². The van der Waals surface area contributed by atoms with Gasteiger partial charge in [0.25, 0.3) is 0 Å². The first kappa shape index (κ1) is 20.4. The highest BCUT2D eigenvalue weighted by molar-refractivity contribution is 5.79.